The first-order valence-electron chi connectivity index (χ1n) is 9.28. The van der Waals surface area contributed by atoms with Crippen LogP contribution in [0, 0.1) is 5.82 Å². The second-order valence-corrected chi connectivity index (χ2v) is 6.44. The van der Waals surface area contributed by atoms with Crippen LogP contribution < -0.4 is 5.43 Å². The lowest BCUT2D eigenvalue weighted by Crippen LogP contribution is -2.21. The maximum Gasteiger partial charge on any atom is 0.309 e. The van der Waals surface area contributed by atoms with Crippen LogP contribution in [0.5, 0.6) is 0 Å². The summed E-state index contributed by atoms with van der Waals surface area (Å²) in [5.74, 6) is -0.870. The number of rotatable bonds is 5. The van der Waals surface area contributed by atoms with Crippen molar-refractivity contribution in [2.45, 2.75) is 0 Å². The van der Waals surface area contributed by atoms with Crippen molar-refractivity contribution in [3.63, 3.8) is 0 Å². The predicted octanol–water partition coefficient (Wildman–Crippen LogP) is 4.71. The Morgan fingerprint density at radius 2 is 1.33 bits per heavy atom. The van der Waals surface area contributed by atoms with Crippen molar-refractivity contribution in [3.8, 4) is 22.5 Å². The Morgan fingerprint density at radius 1 is 0.800 bits per heavy atom. The molecule has 0 radical (unpaired) electrons. The van der Waals surface area contributed by atoms with E-state index in [1.54, 1.807) is 12.1 Å². The number of nitrogens with zero attached hydrogens (tertiary/aromatic N) is 3. The van der Waals surface area contributed by atoms with Crippen molar-refractivity contribution in [2.24, 2.45) is 5.10 Å². The molecule has 0 saturated carbocycles. The Labute approximate surface area is 173 Å². The van der Waals surface area contributed by atoms with Crippen LogP contribution in [0.15, 0.2) is 96.1 Å². The van der Waals surface area contributed by atoms with Gasteiger partial charge in [0, 0.05) is 11.1 Å². The van der Waals surface area contributed by atoms with Crippen LogP contribution in [0.25, 0.3) is 22.5 Å². The topological polar surface area (TPSA) is 67.2 Å². The summed E-state index contributed by atoms with van der Waals surface area (Å²) in [6, 6.07) is 26.8. The number of carbonyl (C=O) groups excluding carboxylic acids is 1. The highest BCUT2D eigenvalue weighted by Gasteiger charge is 2.14. The molecule has 0 unspecified atom stereocenters. The quantitative estimate of drug-likeness (QED) is 0.392. The molecule has 1 aromatic heterocycles. The summed E-state index contributed by atoms with van der Waals surface area (Å²) in [6.07, 6.45) is 1.43. The first kappa shape index (κ1) is 19.1. The van der Waals surface area contributed by atoms with Gasteiger partial charge in [-0.2, -0.15) is 5.10 Å². The number of aromatic nitrogens is 2. The van der Waals surface area contributed by atoms with Crippen LogP contribution in [-0.4, -0.2) is 22.1 Å². The van der Waals surface area contributed by atoms with E-state index < -0.39 is 5.91 Å². The molecule has 4 aromatic rings. The highest BCUT2D eigenvalue weighted by molar-refractivity contribution is 5.92. The van der Waals surface area contributed by atoms with Crippen molar-refractivity contribution >= 4 is 12.1 Å². The first-order chi connectivity index (χ1) is 14.7. The minimum Gasteiger partial charge on any atom is -0.264 e. The molecule has 0 aliphatic rings. The van der Waals surface area contributed by atoms with Gasteiger partial charge in [-0.1, -0.05) is 72.8 Å². The Morgan fingerprint density at radius 3 is 1.87 bits per heavy atom. The van der Waals surface area contributed by atoms with Crippen molar-refractivity contribution in [1.29, 1.82) is 0 Å². The number of benzene rings is 3. The van der Waals surface area contributed by atoms with Gasteiger partial charge in [0.15, 0.2) is 0 Å². The summed E-state index contributed by atoms with van der Waals surface area (Å²) in [5, 5.41) is 3.93. The monoisotopic (exact) mass is 396 g/mol. The molecule has 0 fully saturated rings. The molecule has 1 N–H and O–H groups in total. The number of hydrogen-bond acceptors (Lipinski definition) is 4. The second kappa shape index (κ2) is 8.87. The van der Waals surface area contributed by atoms with E-state index in [0.29, 0.717) is 17.0 Å². The summed E-state index contributed by atoms with van der Waals surface area (Å²) in [4.78, 5) is 21.5. The van der Waals surface area contributed by atoms with Gasteiger partial charge in [-0.25, -0.2) is 19.8 Å². The zero-order valence-electron chi connectivity index (χ0n) is 15.9. The lowest BCUT2D eigenvalue weighted by molar-refractivity contribution is 0.0945. The van der Waals surface area contributed by atoms with Gasteiger partial charge >= 0.3 is 5.91 Å². The Kier molecular flexibility index (Phi) is 5.66. The summed E-state index contributed by atoms with van der Waals surface area (Å²) >= 11 is 0. The van der Waals surface area contributed by atoms with Gasteiger partial charge in [0.2, 0.25) is 5.82 Å². The standard InChI is InChI=1S/C24H17FN4O/c25-20-13-11-17(12-14-20)16-26-29-24(30)23-27-21(18-7-3-1-4-8-18)15-22(28-23)19-9-5-2-6-10-19/h1-16H,(H,29,30). The van der Waals surface area contributed by atoms with Crippen LogP contribution >= 0.6 is 0 Å². The van der Waals surface area contributed by atoms with Crippen molar-refractivity contribution in [1.82, 2.24) is 15.4 Å². The van der Waals surface area contributed by atoms with Crippen molar-refractivity contribution < 1.29 is 9.18 Å². The molecule has 4 rings (SSSR count). The van der Waals surface area contributed by atoms with E-state index >= 15 is 0 Å². The van der Waals surface area contributed by atoms with Gasteiger partial charge < -0.3 is 0 Å². The molecular weight excluding hydrogens is 379 g/mol. The maximum atomic E-state index is 13.0. The fraction of sp³-hybridized carbons (Fsp3) is 0. The molecule has 0 aliphatic heterocycles. The van der Waals surface area contributed by atoms with Crippen molar-refractivity contribution in [3.05, 3.63) is 108 Å². The van der Waals surface area contributed by atoms with Gasteiger partial charge in [-0.3, -0.25) is 4.79 Å². The van der Waals surface area contributed by atoms with Gasteiger partial charge in [0.25, 0.3) is 0 Å². The number of hydrogen-bond donors (Lipinski definition) is 1. The molecule has 5 nitrogen and oxygen atoms in total. The fourth-order valence-electron chi connectivity index (χ4n) is 2.83. The van der Waals surface area contributed by atoms with E-state index in [4.69, 9.17) is 0 Å². The molecule has 30 heavy (non-hydrogen) atoms. The van der Waals surface area contributed by atoms with E-state index in [9.17, 15) is 9.18 Å². The summed E-state index contributed by atoms with van der Waals surface area (Å²) in [7, 11) is 0. The normalized spacial score (nSPS) is 10.8. The Hall–Kier alpha value is -4.19. The SMILES string of the molecule is O=C(NN=Cc1ccc(F)cc1)c1nc(-c2ccccc2)cc(-c2ccccc2)n1. The molecule has 6 heteroatoms. The van der Waals surface area contributed by atoms with Crippen molar-refractivity contribution in [2.75, 3.05) is 0 Å². The lowest BCUT2D eigenvalue weighted by atomic mass is 10.1. The first-order valence-corrected chi connectivity index (χ1v) is 9.28. The van der Waals surface area contributed by atoms with Gasteiger partial charge in [0.05, 0.1) is 17.6 Å². The minimum atomic E-state index is -0.539. The number of halogens is 1. The highest BCUT2D eigenvalue weighted by atomic mass is 19.1. The fourth-order valence-corrected chi connectivity index (χ4v) is 2.83. The number of amides is 1. The average Bonchev–Trinajstić information content (AvgIpc) is 2.81. The molecule has 0 atom stereocenters. The zero-order chi connectivity index (χ0) is 20.8. The van der Waals surface area contributed by atoms with E-state index in [1.165, 1.54) is 18.3 Å². The molecule has 146 valence electrons. The van der Waals surface area contributed by atoms with Crippen LogP contribution in [0.2, 0.25) is 0 Å². The smallest absolute Gasteiger partial charge is 0.264 e. The third-order valence-electron chi connectivity index (χ3n) is 4.32. The largest absolute Gasteiger partial charge is 0.309 e. The molecule has 0 bridgehead atoms. The number of hydrazone groups is 1. The molecule has 3 aromatic carbocycles. The number of carbonyl (C=O) groups is 1. The Bertz CT molecular complexity index is 1120. The molecular formula is C24H17FN4O. The summed E-state index contributed by atoms with van der Waals surface area (Å²) in [5.41, 5.74) is 6.11. The predicted molar refractivity (Wildman–Crippen MR) is 114 cm³/mol. The van der Waals surface area contributed by atoms with Gasteiger partial charge in [-0.05, 0) is 23.8 Å². The third kappa shape index (κ3) is 4.62. The highest BCUT2D eigenvalue weighted by Crippen LogP contribution is 2.23. The van der Waals surface area contributed by atoms with Crippen LogP contribution in [0.4, 0.5) is 4.39 Å². The van der Waals surface area contributed by atoms with Gasteiger partial charge in [-0.15, -0.1) is 0 Å². The lowest BCUT2D eigenvalue weighted by Gasteiger charge is -2.08. The molecule has 0 saturated heterocycles. The minimum absolute atomic E-state index is 0.00598. The van der Waals surface area contributed by atoms with E-state index in [0.717, 1.165) is 11.1 Å². The average molecular weight is 396 g/mol. The molecule has 1 heterocycles. The number of nitrogens with one attached hydrogen (secondary N) is 1. The molecule has 1 amide bonds. The third-order valence-corrected chi connectivity index (χ3v) is 4.32. The van der Waals surface area contributed by atoms with E-state index in [-0.39, 0.29) is 11.6 Å². The summed E-state index contributed by atoms with van der Waals surface area (Å²) < 4.78 is 13.0. The van der Waals surface area contributed by atoms with E-state index in [1.807, 2.05) is 66.7 Å². The maximum absolute atomic E-state index is 13.0. The second-order valence-electron chi connectivity index (χ2n) is 6.44. The molecule has 0 aliphatic carbocycles. The van der Waals surface area contributed by atoms with Crippen LogP contribution in [0.1, 0.15) is 16.2 Å². The van der Waals surface area contributed by atoms with Gasteiger partial charge in [0.1, 0.15) is 5.82 Å². The van der Waals surface area contributed by atoms with Crippen LogP contribution in [0.3, 0.4) is 0 Å². The molecule has 0 spiro atoms. The van der Waals surface area contributed by atoms with Crippen LogP contribution in [-0.2, 0) is 0 Å². The summed E-state index contributed by atoms with van der Waals surface area (Å²) in [6.45, 7) is 0. The van der Waals surface area contributed by atoms with E-state index in [2.05, 4.69) is 20.5 Å². The zero-order valence-corrected chi connectivity index (χ0v) is 15.9. The Balaban J connectivity index is 1.64.